The van der Waals surface area contributed by atoms with Crippen LogP contribution in [0.25, 0.3) is 11.3 Å². The summed E-state index contributed by atoms with van der Waals surface area (Å²) in [5.41, 5.74) is 4.67. The summed E-state index contributed by atoms with van der Waals surface area (Å²) in [4.78, 5) is 12.9. The lowest BCUT2D eigenvalue weighted by Crippen LogP contribution is -2.24. The van der Waals surface area contributed by atoms with E-state index in [0.29, 0.717) is 33.4 Å². The van der Waals surface area contributed by atoms with Crippen molar-refractivity contribution in [2.75, 3.05) is 28.2 Å². The van der Waals surface area contributed by atoms with Gasteiger partial charge in [0, 0.05) is 23.3 Å². The Hall–Kier alpha value is -3.29. The van der Waals surface area contributed by atoms with Gasteiger partial charge in [-0.3, -0.25) is 9.10 Å². The van der Waals surface area contributed by atoms with Crippen LogP contribution in [0.4, 0.5) is 17.1 Å². The first-order chi connectivity index (χ1) is 14.7. The highest BCUT2D eigenvalue weighted by atomic mass is 35.5. The summed E-state index contributed by atoms with van der Waals surface area (Å²) in [6.07, 6.45) is 1.15. The van der Waals surface area contributed by atoms with Crippen LogP contribution in [0, 0.1) is 0 Å². The lowest BCUT2D eigenvalue weighted by atomic mass is 10.00. The summed E-state index contributed by atoms with van der Waals surface area (Å²) in [5.74, 6) is -0.225. The van der Waals surface area contributed by atoms with Crippen molar-refractivity contribution >= 4 is 55.9 Å². The van der Waals surface area contributed by atoms with E-state index in [9.17, 15) is 13.2 Å². The molecule has 0 fully saturated rings. The summed E-state index contributed by atoms with van der Waals surface area (Å²) in [7, 11) is -1.85. The Morgan fingerprint density at radius 1 is 1.00 bits per heavy atom. The number of benzene rings is 3. The molecule has 6 nitrogen and oxygen atoms in total. The lowest BCUT2D eigenvalue weighted by molar-refractivity contribution is -0.110. The fraction of sp³-hybridized carbons (Fsp3) is 0.0870. The van der Waals surface area contributed by atoms with Crippen LogP contribution in [-0.2, 0) is 14.8 Å². The number of carbonyl (C=O) groups is 1. The maximum absolute atomic E-state index is 12.9. The first-order valence-electron chi connectivity index (χ1n) is 9.46. The highest BCUT2D eigenvalue weighted by molar-refractivity contribution is 7.92. The minimum absolute atomic E-state index is 0.225. The molecule has 0 spiro atoms. The van der Waals surface area contributed by atoms with Gasteiger partial charge in [-0.15, -0.1) is 0 Å². The van der Waals surface area contributed by atoms with Crippen molar-refractivity contribution in [1.29, 1.82) is 0 Å². The Kier molecular flexibility index (Phi) is 5.47. The molecule has 1 aliphatic rings. The second kappa shape index (κ2) is 8.09. The number of fused-ring (bicyclic) bond motifs is 1. The van der Waals surface area contributed by atoms with Gasteiger partial charge in [0.15, 0.2) is 0 Å². The fourth-order valence-corrected chi connectivity index (χ4v) is 4.04. The topological polar surface area (TPSA) is 78.5 Å². The van der Waals surface area contributed by atoms with E-state index in [-0.39, 0.29) is 5.91 Å². The molecule has 0 aromatic heterocycles. The molecule has 31 heavy (non-hydrogen) atoms. The first kappa shape index (κ1) is 21.0. The highest BCUT2D eigenvalue weighted by Crippen LogP contribution is 2.38. The van der Waals surface area contributed by atoms with Gasteiger partial charge in [-0.1, -0.05) is 48.0 Å². The van der Waals surface area contributed by atoms with Gasteiger partial charge in [0.2, 0.25) is 10.0 Å². The van der Waals surface area contributed by atoms with Gasteiger partial charge in [-0.2, -0.15) is 0 Å². The second-order valence-electron chi connectivity index (χ2n) is 7.16. The average Bonchev–Trinajstić information content (AvgIpc) is 3.06. The molecule has 8 heteroatoms. The van der Waals surface area contributed by atoms with Gasteiger partial charge >= 0.3 is 0 Å². The highest BCUT2D eigenvalue weighted by Gasteiger charge is 2.28. The molecule has 0 bridgehead atoms. The first-order valence-corrected chi connectivity index (χ1v) is 11.7. The van der Waals surface area contributed by atoms with Crippen LogP contribution in [0.3, 0.4) is 0 Å². The van der Waals surface area contributed by atoms with Crippen molar-refractivity contribution < 1.29 is 13.2 Å². The van der Waals surface area contributed by atoms with Crippen molar-refractivity contribution in [3.05, 3.63) is 88.9 Å². The van der Waals surface area contributed by atoms with Gasteiger partial charge in [-0.05, 0) is 42.0 Å². The fourth-order valence-electron chi connectivity index (χ4n) is 3.37. The number of sulfonamides is 1. The van der Waals surface area contributed by atoms with Gasteiger partial charge < -0.3 is 10.6 Å². The number of anilines is 3. The number of amides is 1. The molecule has 0 aliphatic carbocycles. The van der Waals surface area contributed by atoms with E-state index in [2.05, 4.69) is 10.6 Å². The van der Waals surface area contributed by atoms with Gasteiger partial charge in [-0.25, -0.2) is 8.42 Å². The minimum atomic E-state index is -3.35. The number of rotatable bonds is 5. The van der Waals surface area contributed by atoms with Crippen molar-refractivity contribution in [2.45, 2.75) is 0 Å². The molecule has 2 N–H and O–H groups in total. The summed E-state index contributed by atoms with van der Waals surface area (Å²) in [6, 6.07) is 21.8. The number of carbonyl (C=O) groups excluding carboxylic acids is 1. The molecular weight excluding hydrogens is 434 g/mol. The molecule has 1 heterocycles. The summed E-state index contributed by atoms with van der Waals surface area (Å²) >= 11 is 6.09. The van der Waals surface area contributed by atoms with E-state index in [4.69, 9.17) is 11.6 Å². The van der Waals surface area contributed by atoms with E-state index in [0.717, 1.165) is 17.4 Å². The Morgan fingerprint density at radius 3 is 2.32 bits per heavy atom. The van der Waals surface area contributed by atoms with Crippen LogP contribution in [-0.4, -0.2) is 27.6 Å². The van der Waals surface area contributed by atoms with Crippen LogP contribution < -0.4 is 14.9 Å². The minimum Gasteiger partial charge on any atom is -0.354 e. The summed E-state index contributed by atoms with van der Waals surface area (Å²) in [5, 5.41) is 6.76. The smallest absolute Gasteiger partial charge is 0.258 e. The normalized spacial score (nSPS) is 14.6. The van der Waals surface area contributed by atoms with E-state index in [1.807, 2.05) is 36.4 Å². The van der Waals surface area contributed by atoms with Crippen LogP contribution in [0.15, 0.2) is 72.8 Å². The molecule has 0 saturated heterocycles. The van der Waals surface area contributed by atoms with Crippen LogP contribution in [0.2, 0.25) is 5.02 Å². The number of hydrogen-bond acceptors (Lipinski definition) is 4. The zero-order chi connectivity index (χ0) is 22.2. The van der Waals surface area contributed by atoms with E-state index >= 15 is 0 Å². The summed E-state index contributed by atoms with van der Waals surface area (Å²) in [6.45, 7) is 0. The quantitative estimate of drug-likeness (QED) is 0.550. The Morgan fingerprint density at radius 2 is 1.68 bits per heavy atom. The zero-order valence-corrected chi connectivity index (χ0v) is 18.5. The van der Waals surface area contributed by atoms with E-state index < -0.39 is 10.0 Å². The molecule has 1 aliphatic heterocycles. The number of hydrogen-bond donors (Lipinski definition) is 2. The van der Waals surface area contributed by atoms with Crippen molar-refractivity contribution in [1.82, 2.24) is 0 Å². The second-order valence-corrected chi connectivity index (χ2v) is 9.61. The predicted molar refractivity (Wildman–Crippen MR) is 127 cm³/mol. The van der Waals surface area contributed by atoms with Crippen LogP contribution >= 0.6 is 11.6 Å². The Labute approximate surface area is 186 Å². The molecule has 0 atom stereocenters. The summed E-state index contributed by atoms with van der Waals surface area (Å²) < 4.78 is 24.8. The van der Waals surface area contributed by atoms with Crippen molar-refractivity contribution in [2.24, 2.45) is 0 Å². The SMILES string of the molecule is CN(c1ccc(NC(=C2C(=O)Nc3cc(Cl)ccc32)c2ccccc2)cc1)S(C)(=O)=O. The molecule has 3 aromatic rings. The van der Waals surface area contributed by atoms with Gasteiger partial charge in [0.1, 0.15) is 0 Å². The molecule has 0 unspecified atom stereocenters. The average molecular weight is 454 g/mol. The third kappa shape index (κ3) is 4.28. The predicted octanol–water partition coefficient (Wildman–Crippen LogP) is 4.67. The van der Waals surface area contributed by atoms with E-state index in [1.165, 1.54) is 11.4 Å². The molecule has 158 valence electrons. The van der Waals surface area contributed by atoms with Crippen molar-refractivity contribution in [3.8, 4) is 0 Å². The monoisotopic (exact) mass is 453 g/mol. The standard InChI is InChI=1S/C23H20ClN3O3S/c1-27(31(2,29)30)18-11-9-17(10-12-18)25-22(15-6-4-3-5-7-15)21-19-13-8-16(24)14-20(19)26-23(21)28/h3-14,25H,1-2H3,(H,26,28). The molecule has 1 amide bonds. The Balaban J connectivity index is 1.79. The number of nitrogens with one attached hydrogen (secondary N) is 2. The van der Waals surface area contributed by atoms with Crippen molar-refractivity contribution in [3.63, 3.8) is 0 Å². The Bertz CT molecular complexity index is 1290. The third-order valence-electron chi connectivity index (χ3n) is 5.04. The molecule has 3 aromatic carbocycles. The maximum Gasteiger partial charge on any atom is 0.258 e. The lowest BCUT2D eigenvalue weighted by Gasteiger charge is -2.18. The molecule has 0 radical (unpaired) electrons. The zero-order valence-electron chi connectivity index (χ0n) is 16.9. The van der Waals surface area contributed by atoms with Gasteiger partial charge in [0.25, 0.3) is 5.91 Å². The van der Waals surface area contributed by atoms with Crippen LogP contribution in [0.5, 0.6) is 0 Å². The maximum atomic E-state index is 12.9. The van der Waals surface area contributed by atoms with E-state index in [1.54, 1.807) is 36.4 Å². The van der Waals surface area contributed by atoms with Crippen LogP contribution in [0.1, 0.15) is 11.1 Å². The molecule has 4 rings (SSSR count). The largest absolute Gasteiger partial charge is 0.354 e. The van der Waals surface area contributed by atoms with Gasteiger partial charge in [0.05, 0.1) is 28.9 Å². The molecular formula is C23H20ClN3O3S. The number of nitrogens with zero attached hydrogens (tertiary/aromatic N) is 1. The third-order valence-corrected chi connectivity index (χ3v) is 6.48. The number of halogens is 1. The molecule has 0 saturated carbocycles.